The Morgan fingerprint density at radius 2 is 1.07 bits per heavy atom. The zero-order chi connectivity index (χ0) is 20.3. The zero-order valence-corrected chi connectivity index (χ0v) is 16.7. The van der Waals surface area contributed by atoms with Crippen LogP contribution < -0.4 is 4.74 Å². The van der Waals surface area contributed by atoms with Gasteiger partial charge in [0.2, 0.25) is 0 Å². The van der Waals surface area contributed by atoms with Crippen LogP contribution in [0.25, 0.3) is 32.7 Å². The largest absolute Gasteiger partial charge is 0.497 e. The van der Waals surface area contributed by atoms with E-state index in [1.807, 2.05) is 24.3 Å². The molecule has 0 N–H and O–H groups in total. The van der Waals surface area contributed by atoms with Gasteiger partial charge in [-0.25, -0.2) is 0 Å². The fraction of sp³-hybridized carbons (Fsp3) is 0.0345. The lowest BCUT2D eigenvalue weighted by Gasteiger charge is -2.14. The molecule has 0 aliphatic heterocycles. The van der Waals surface area contributed by atoms with Gasteiger partial charge in [-0.05, 0) is 56.9 Å². The van der Waals surface area contributed by atoms with Gasteiger partial charge in [-0.3, -0.25) is 0 Å². The van der Waals surface area contributed by atoms with E-state index in [0.29, 0.717) is 0 Å². The molecule has 1 nitrogen and oxygen atoms in total. The highest BCUT2D eigenvalue weighted by atomic mass is 16.5. The van der Waals surface area contributed by atoms with E-state index in [-0.39, 0.29) is 0 Å². The van der Waals surface area contributed by atoms with Crippen LogP contribution in [0.5, 0.6) is 5.75 Å². The third-order valence-corrected chi connectivity index (χ3v) is 5.42. The number of methoxy groups -OCH3 is 1. The molecule has 1 heteroatoms. The molecule has 142 valence electrons. The fourth-order valence-corrected chi connectivity index (χ4v) is 3.99. The predicted octanol–water partition coefficient (Wildman–Crippen LogP) is 7.07. The highest BCUT2D eigenvalue weighted by Gasteiger charge is 2.13. The molecule has 0 spiro atoms. The molecule has 0 aliphatic rings. The predicted molar refractivity (Wildman–Crippen MR) is 126 cm³/mol. The van der Waals surface area contributed by atoms with Crippen LogP contribution in [0.2, 0.25) is 0 Å². The quantitative estimate of drug-likeness (QED) is 0.234. The van der Waals surface area contributed by atoms with Crippen LogP contribution in [0.3, 0.4) is 0 Å². The fourth-order valence-electron chi connectivity index (χ4n) is 3.99. The van der Waals surface area contributed by atoms with Crippen molar-refractivity contribution < 1.29 is 4.74 Å². The maximum Gasteiger partial charge on any atom is 0.118 e. The van der Waals surface area contributed by atoms with Gasteiger partial charge in [0, 0.05) is 11.1 Å². The van der Waals surface area contributed by atoms with Crippen molar-refractivity contribution in [2.24, 2.45) is 0 Å². The Balaban J connectivity index is 1.80. The van der Waals surface area contributed by atoms with Crippen LogP contribution in [0.4, 0.5) is 0 Å². The van der Waals surface area contributed by atoms with Crippen molar-refractivity contribution >= 4 is 21.5 Å². The second-order valence-corrected chi connectivity index (χ2v) is 7.19. The maximum absolute atomic E-state index is 5.25. The van der Waals surface area contributed by atoms with E-state index < -0.39 is 0 Å². The first-order valence-corrected chi connectivity index (χ1v) is 10.00. The molecule has 0 unspecified atom stereocenters. The molecule has 5 aromatic rings. The topological polar surface area (TPSA) is 9.23 Å². The number of hydrogen-bond donors (Lipinski definition) is 0. The summed E-state index contributed by atoms with van der Waals surface area (Å²) in [4.78, 5) is 0. The van der Waals surface area contributed by atoms with Gasteiger partial charge in [-0.1, -0.05) is 90.7 Å². The Hall–Kier alpha value is -4.02. The standard InChI is InChI=1S/C29H20O/c1-30-23-18-15-21(16-19-23)17-20-26-24-11-5-7-13-27(24)29(22-9-3-2-4-10-22)28-14-8-6-12-25(26)28/h2-16,18-19H,1H3. The molecule has 0 aliphatic carbocycles. The Labute approximate surface area is 176 Å². The lowest BCUT2D eigenvalue weighted by molar-refractivity contribution is 0.415. The lowest BCUT2D eigenvalue weighted by atomic mass is 9.88. The van der Waals surface area contributed by atoms with Gasteiger partial charge in [-0.2, -0.15) is 0 Å². The zero-order valence-electron chi connectivity index (χ0n) is 16.7. The number of rotatable bonds is 2. The number of hydrogen-bond acceptors (Lipinski definition) is 1. The summed E-state index contributed by atoms with van der Waals surface area (Å²) in [6.45, 7) is 0. The normalized spacial score (nSPS) is 10.6. The van der Waals surface area contributed by atoms with E-state index in [2.05, 4.69) is 90.7 Å². The van der Waals surface area contributed by atoms with Gasteiger partial charge < -0.3 is 4.74 Å². The van der Waals surface area contributed by atoms with Crippen molar-refractivity contribution in [1.82, 2.24) is 0 Å². The minimum Gasteiger partial charge on any atom is -0.497 e. The molecular weight excluding hydrogens is 364 g/mol. The summed E-state index contributed by atoms with van der Waals surface area (Å²) in [7, 11) is 1.67. The molecule has 0 heterocycles. The van der Waals surface area contributed by atoms with Gasteiger partial charge in [0.1, 0.15) is 5.75 Å². The molecule has 0 aromatic heterocycles. The molecule has 0 saturated carbocycles. The van der Waals surface area contributed by atoms with Crippen LogP contribution >= 0.6 is 0 Å². The van der Waals surface area contributed by atoms with E-state index >= 15 is 0 Å². The molecule has 5 aromatic carbocycles. The molecule has 5 rings (SSSR count). The molecule has 0 radical (unpaired) electrons. The number of fused-ring (bicyclic) bond motifs is 2. The Morgan fingerprint density at radius 1 is 0.533 bits per heavy atom. The van der Waals surface area contributed by atoms with Crippen molar-refractivity contribution in [3.05, 3.63) is 114 Å². The van der Waals surface area contributed by atoms with Crippen LogP contribution in [0.1, 0.15) is 11.1 Å². The molecule has 30 heavy (non-hydrogen) atoms. The highest BCUT2D eigenvalue weighted by Crippen LogP contribution is 2.38. The first-order chi connectivity index (χ1) is 14.8. The summed E-state index contributed by atoms with van der Waals surface area (Å²) in [5, 5.41) is 4.80. The van der Waals surface area contributed by atoms with Crippen molar-refractivity contribution in [2.45, 2.75) is 0 Å². The first kappa shape index (κ1) is 18.0. The molecule has 0 fully saturated rings. The summed E-state index contributed by atoms with van der Waals surface area (Å²) in [6, 6.07) is 35.6. The minimum absolute atomic E-state index is 0.837. The molecule has 0 bridgehead atoms. The SMILES string of the molecule is COc1ccc(C#Cc2c3ccccc3c(-c3ccccc3)c3ccccc23)cc1. The van der Waals surface area contributed by atoms with Crippen molar-refractivity contribution in [2.75, 3.05) is 7.11 Å². The van der Waals surface area contributed by atoms with Gasteiger partial charge in [0.15, 0.2) is 0 Å². The van der Waals surface area contributed by atoms with E-state index in [9.17, 15) is 0 Å². The Kier molecular flexibility index (Phi) is 4.68. The van der Waals surface area contributed by atoms with Crippen LogP contribution in [-0.4, -0.2) is 7.11 Å². The Morgan fingerprint density at radius 3 is 1.63 bits per heavy atom. The average Bonchev–Trinajstić information content (AvgIpc) is 2.82. The van der Waals surface area contributed by atoms with Gasteiger partial charge in [0.05, 0.1) is 7.11 Å². The smallest absolute Gasteiger partial charge is 0.118 e. The minimum atomic E-state index is 0.837. The summed E-state index contributed by atoms with van der Waals surface area (Å²) in [5.74, 6) is 7.66. The summed E-state index contributed by atoms with van der Waals surface area (Å²) < 4.78 is 5.25. The highest BCUT2D eigenvalue weighted by molar-refractivity contribution is 6.16. The molecular formula is C29H20O. The van der Waals surface area contributed by atoms with Gasteiger partial charge >= 0.3 is 0 Å². The summed E-state index contributed by atoms with van der Waals surface area (Å²) >= 11 is 0. The van der Waals surface area contributed by atoms with Gasteiger partial charge in [-0.15, -0.1) is 0 Å². The second-order valence-electron chi connectivity index (χ2n) is 7.19. The van der Waals surface area contributed by atoms with E-state index in [1.54, 1.807) is 7.11 Å². The number of benzene rings is 5. The number of ether oxygens (including phenoxy) is 1. The van der Waals surface area contributed by atoms with E-state index in [0.717, 1.165) is 16.9 Å². The molecule has 0 saturated heterocycles. The molecule has 0 amide bonds. The van der Waals surface area contributed by atoms with E-state index in [1.165, 1.54) is 32.7 Å². The summed E-state index contributed by atoms with van der Waals surface area (Å²) in [5.41, 5.74) is 4.52. The van der Waals surface area contributed by atoms with Crippen LogP contribution in [0, 0.1) is 11.8 Å². The molecule has 0 atom stereocenters. The van der Waals surface area contributed by atoms with Crippen LogP contribution in [-0.2, 0) is 0 Å². The summed E-state index contributed by atoms with van der Waals surface area (Å²) in [6.07, 6.45) is 0. The van der Waals surface area contributed by atoms with E-state index in [4.69, 9.17) is 4.74 Å². The monoisotopic (exact) mass is 384 g/mol. The average molecular weight is 384 g/mol. The van der Waals surface area contributed by atoms with Crippen LogP contribution in [0.15, 0.2) is 103 Å². The third kappa shape index (κ3) is 3.19. The van der Waals surface area contributed by atoms with Crippen molar-refractivity contribution in [3.63, 3.8) is 0 Å². The third-order valence-electron chi connectivity index (χ3n) is 5.42. The second kappa shape index (κ2) is 7.78. The lowest BCUT2D eigenvalue weighted by Crippen LogP contribution is -1.90. The first-order valence-electron chi connectivity index (χ1n) is 10.00. The Bertz CT molecular complexity index is 1340. The maximum atomic E-state index is 5.25. The van der Waals surface area contributed by atoms with Gasteiger partial charge in [0.25, 0.3) is 0 Å². The van der Waals surface area contributed by atoms with Crippen molar-refractivity contribution in [1.29, 1.82) is 0 Å². The van der Waals surface area contributed by atoms with Crippen molar-refractivity contribution in [3.8, 4) is 28.7 Å².